The average Bonchev–Trinajstić information content (AvgIpc) is 2.03. The van der Waals surface area contributed by atoms with Gasteiger partial charge in [-0.2, -0.15) is 8.78 Å². The van der Waals surface area contributed by atoms with Gasteiger partial charge in [-0.25, -0.2) is 0 Å². The Kier molecular flexibility index (Phi) is 3.71. The van der Waals surface area contributed by atoms with Crippen molar-refractivity contribution in [3.05, 3.63) is 28.0 Å². The topological polar surface area (TPSA) is 12.9 Å². The van der Waals surface area contributed by atoms with Crippen LogP contribution in [-0.4, -0.2) is 9.41 Å². The maximum atomic E-state index is 13.1. The highest BCUT2D eigenvalue weighted by atomic mass is 127. The summed E-state index contributed by atoms with van der Waals surface area (Å²) >= 11 is 12.7. The lowest BCUT2D eigenvalue weighted by atomic mass is 10.2. The second-order valence-corrected chi connectivity index (χ2v) is 3.93. The maximum Gasteiger partial charge on any atom is 0.299 e. The van der Waals surface area contributed by atoms with E-state index in [1.165, 1.54) is 6.07 Å². The van der Waals surface area contributed by atoms with Gasteiger partial charge < -0.3 is 0 Å². The summed E-state index contributed by atoms with van der Waals surface area (Å²) in [5, 5.41) is 0.146. The SMILES string of the molecule is FC(F)(CI)c1ncc(Cl)cc1Cl. The smallest absolute Gasteiger partial charge is 0.252 e. The largest absolute Gasteiger partial charge is 0.299 e. The number of aromatic nitrogens is 1. The summed E-state index contributed by atoms with van der Waals surface area (Å²) < 4.78 is 25.8. The molecule has 0 amide bonds. The number of halogens is 5. The summed E-state index contributed by atoms with van der Waals surface area (Å²) in [5.41, 5.74) is -0.423. The summed E-state index contributed by atoms with van der Waals surface area (Å²) in [6.07, 6.45) is 1.16. The van der Waals surface area contributed by atoms with Gasteiger partial charge in [0.05, 0.1) is 14.5 Å². The van der Waals surface area contributed by atoms with Crippen molar-refractivity contribution in [3.8, 4) is 0 Å². The zero-order valence-electron chi connectivity index (χ0n) is 6.20. The van der Waals surface area contributed by atoms with Crippen LogP contribution in [0, 0.1) is 0 Å². The van der Waals surface area contributed by atoms with Crippen molar-refractivity contribution in [3.63, 3.8) is 0 Å². The molecule has 6 heteroatoms. The van der Waals surface area contributed by atoms with E-state index in [-0.39, 0.29) is 14.5 Å². The molecule has 0 aliphatic heterocycles. The van der Waals surface area contributed by atoms with Crippen LogP contribution in [0.25, 0.3) is 0 Å². The van der Waals surface area contributed by atoms with Crippen molar-refractivity contribution in [2.75, 3.05) is 4.43 Å². The number of hydrogen-bond donors (Lipinski definition) is 0. The number of hydrogen-bond acceptors (Lipinski definition) is 1. The number of rotatable bonds is 2. The molecule has 1 rings (SSSR count). The molecule has 1 nitrogen and oxygen atoms in total. The molecule has 0 N–H and O–H groups in total. The summed E-state index contributed by atoms with van der Waals surface area (Å²) in [5.74, 6) is -3.00. The van der Waals surface area contributed by atoms with Crippen LogP contribution >= 0.6 is 45.8 Å². The minimum absolute atomic E-state index is 0.103. The van der Waals surface area contributed by atoms with Crippen molar-refractivity contribution in [1.29, 1.82) is 0 Å². The molecule has 0 saturated heterocycles. The van der Waals surface area contributed by atoms with Gasteiger partial charge in [0.1, 0.15) is 5.69 Å². The van der Waals surface area contributed by atoms with Crippen LogP contribution in [0.2, 0.25) is 10.0 Å². The third kappa shape index (κ3) is 2.63. The first kappa shape index (κ1) is 11.4. The van der Waals surface area contributed by atoms with Crippen LogP contribution < -0.4 is 0 Å². The van der Waals surface area contributed by atoms with Crippen molar-refractivity contribution >= 4 is 45.8 Å². The number of alkyl halides is 3. The van der Waals surface area contributed by atoms with Crippen molar-refractivity contribution in [2.45, 2.75) is 5.92 Å². The second-order valence-electron chi connectivity index (χ2n) is 2.32. The van der Waals surface area contributed by atoms with E-state index in [4.69, 9.17) is 23.2 Å². The third-order valence-electron chi connectivity index (χ3n) is 1.32. The summed E-state index contributed by atoms with van der Waals surface area (Å²) in [6, 6.07) is 1.26. The van der Waals surface area contributed by atoms with Gasteiger partial charge in [0.2, 0.25) is 0 Å². The van der Waals surface area contributed by atoms with E-state index in [1.807, 2.05) is 0 Å². The van der Waals surface area contributed by atoms with Crippen molar-refractivity contribution in [2.24, 2.45) is 0 Å². The highest BCUT2D eigenvalue weighted by Crippen LogP contribution is 2.34. The Balaban J connectivity index is 3.16. The molecule has 0 aliphatic carbocycles. The van der Waals surface area contributed by atoms with Crippen LogP contribution in [0.5, 0.6) is 0 Å². The molecule has 0 aliphatic rings. The van der Waals surface area contributed by atoms with Gasteiger partial charge in [0.15, 0.2) is 0 Å². The van der Waals surface area contributed by atoms with Gasteiger partial charge >= 0.3 is 0 Å². The Labute approximate surface area is 97.6 Å². The normalized spacial score (nSPS) is 11.8. The Morgan fingerprint density at radius 3 is 2.54 bits per heavy atom. The maximum absolute atomic E-state index is 13.1. The van der Waals surface area contributed by atoms with E-state index in [2.05, 4.69) is 4.98 Å². The molecule has 0 radical (unpaired) electrons. The molecule has 13 heavy (non-hydrogen) atoms. The predicted molar refractivity (Wildman–Crippen MR) is 57.0 cm³/mol. The number of pyridine rings is 1. The van der Waals surface area contributed by atoms with Crippen LogP contribution in [0.1, 0.15) is 5.69 Å². The Hall–Kier alpha value is 0.320. The fourth-order valence-corrected chi connectivity index (χ4v) is 1.63. The molecule has 1 aromatic rings. The zero-order chi connectivity index (χ0) is 10.1. The lowest BCUT2D eigenvalue weighted by Gasteiger charge is -2.13. The van der Waals surface area contributed by atoms with Crippen LogP contribution in [0.3, 0.4) is 0 Å². The molecule has 0 atom stereocenters. The summed E-state index contributed by atoms with van der Waals surface area (Å²) in [6.45, 7) is 0. The van der Waals surface area contributed by atoms with E-state index in [1.54, 1.807) is 22.6 Å². The highest BCUT2D eigenvalue weighted by molar-refractivity contribution is 14.1. The summed E-state index contributed by atoms with van der Waals surface area (Å²) in [7, 11) is 0. The van der Waals surface area contributed by atoms with Gasteiger partial charge in [0.25, 0.3) is 5.92 Å². The fraction of sp³-hybridized carbons (Fsp3) is 0.286. The molecular weight excluding hydrogens is 334 g/mol. The average molecular weight is 338 g/mol. The lowest BCUT2D eigenvalue weighted by molar-refractivity contribution is 0.0219. The summed E-state index contributed by atoms with van der Waals surface area (Å²) in [4.78, 5) is 3.50. The third-order valence-corrected chi connectivity index (χ3v) is 2.77. The molecule has 72 valence electrons. The molecule has 0 fully saturated rings. The molecule has 0 spiro atoms. The number of nitrogens with zero attached hydrogens (tertiary/aromatic N) is 1. The van der Waals surface area contributed by atoms with Gasteiger partial charge in [0, 0.05) is 6.20 Å². The quantitative estimate of drug-likeness (QED) is 0.589. The van der Waals surface area contributed by atoms with E-state index in [0.29, 0.717) is 0 Å². The Morgan fingerprint density at radius 1 is 1.46 bits per heavy atom. The van der Waals surface area contributed by atoms with Crippen LogP contribution in [0.15, 0.2) is 12.3 Å². The monoisotopic (exact) mass is 337 g/mol. The minimum atomic E-state index is -3.00. The lowest BCUT2D eigenvalue weighted by Crippen LogP contribution is -2.17. The zero-order valence-corrected chi connectivity index (χ0v) is 9.87. The van der Waals surface area contributed by atoms with Gasteiger partial charge in [-0.05, 0) is 6.07 Å². The van der Waals surface area contributed by atoms with E-state index >= 15 is 0 Å². The van der Waals surface area contributed by atoms with E-state index < -0.39 is 11.6 Å². The van der Waals surface area contributed by atoms with Crippen LogP contribution in [0.4, 0.5) is 8.78 Å². The minimum Gasteiger partial charge on any atom is -0.252 e. The molecule has 0 saturated carbocycles. The van der Waals surface area contributed by atoms with E-state index in [9.17, 15) is 8.78 Å². The van der Waals surface area contributed by atoms with Crippen molar-refractivity contribution in [1.82, 2.24) is 4.98 Å². The highest BCUT2D eigenvalue weighted by Gasteiger charge is 2.34. The second kappa shape index (κ2) is 4.23. The predicted octanol–water partition coefficient (Wildman–Crippen LogP) is 3.92. The van der Waals surface area contributed by atoms with E-state index in [0.717, 1.165) is 6.20 Å². The first-order valence-electron chi connectivity index (χ1n) is 3.22. The first-order chi connectivity index (χ1) is 5.97. The first-order valence-corrected chi connectivity index (χ1v) is 5.51. The molecule has 0 aromatic carbocycles. The molecule has 0 bridgehead atoms. The Morgan fingerprint density at radius 2 is 2.08 bits per heavy atom. The molecule has 0 unspecified atom stereocenters. The Bertz CT molecular complexity index is 319. The van der Waals surface area contributed by atoms with Gasteiger partial charge in [-0.1, -0.05) is 45.8 Å². The standard InChI is InChI=1S/C7H4Cl2F2IN/c8-4-1-5(9)6(13-2-4)7(10,11)3-12/h1-2H,3H2. The molecule has 1 aromatic heterocycles. The van der Waals surface area contributed by atoms with Crippen molar-refractivity contribution < 1.29 is 8.78 Å². The van der Waals surface area contributed by atoms with Gasteiger partial charge in [-0.15, -0.1) is 0 Å². The van der Waals surface area contributed by atoms with Crippen LogP contribution in [-0.2, 0) is 5.92 Å². The van der Waals surface area contributed by atoms with Gasteiger partial charge in [-0.3, -0.25) is 4.98 Å². The fourth-order valence-electron chi connectivity index (χ4n) is 0.747. The molecular formula is C7H4Cl2F2IN. The molecule has 1 heterocycles.